The van der Waals surface area contributed by atoms with Gasteiger partial charge in [-0.05, 0) is 58.7 Å². The first kappa shape index (κ1) is 61.3. The van der Waals surface area contributed by atoms with E-state index in [2.05, 4.69) is 30.2 Å². The third kappa shape index (κ3) is 43.7. The van der Waals surface area contributed by atoms with Crippen LogP contribution in [0.5, 0.6) is 0 Å². The van der Waals surface area contributed by atoms with E-state index < -0.39 is 48.8 Å². The predicted molar refractivity (Wildman–Crippen MR) is 216 cm³/mol. The van der Waals surface area contributed by atoms with Gasteiger partial charge < -0.3 is 71.5 Å². The molecule has 1 aliphatic rings. The van der Waals surface area contributed by atoms with Crippen LogP contribution in [0.2, 0.25) is 0 Å². The van der Waals surface area contributed by atoms with Crippen LogP contribution < -0.4 is 27.8 Å². The third-order valence-electron chi connectivity index (χ3n) is 6.87. The molecule has 1 saturated heterocycles. The van der Waals surface area contributed by atoms with Crippen LogP contribution in [0.15, 0.2) is 0 Å². The number of aldehydes is 3. The van der Waals surface area contributed by atoms with Crippen LogP contribution in [0.25, 0.3) is 0 Å². The van der Waals surface area contributed by atoms with Gasteiger partial charge in [0.2, 0.25) is 17.7 Å². The van der Waals surface area contributed by atoms with Crippen LogP contribution in [0.1, 0.15) is 107 Å². The summed E-state index contributed by atoms with van der Waals surface area (Å²) in [5.74, 6) is -0.688. The Kier molecular flexibility index (Phi) is 50.7. The molecule has 1 aliphatic heterocycles. The van der Waals surface area contributed by atoms with Gasteiger partial charge in [-0.25, -0.2) is 0 Å². The minimum Gasteiger partial charge on any atom is -0.390 e. The Balaban J connectivity index is -0.000000227. The maximum atomic E-state index is 11.9. The predicted octanol–water partition coefficient (Wildman–Crippen LogP) is 1.07. The monoisotopic (exact) mass is 797 g/mol. The molecule has 10 N–H and O–H groups in total. The molecule has 0 spiro atoms. The Bertz CT molecular complexity index is 916. The lowest BCUT2D eigenvalue weighted by atomic mass is 10.0. The fourth-order valence-electron chi connectivity index (χ4n) is 4.08. The highest BCUT2D eigenvalue weighted by Crippen LogP contribution is 2.20. The number of carbonyl (C=O) groups is 6. The summed E-state index contributed by atoms with van der Waals surface area (Å²) in [7, 11) is 3.36. The Hall–Kier alpha value is -2.90. The van der Waals surface area contributed by atoms with Gasteiger partial charge in [-0.15, -0.1) is 0 Å². The van der Waals surface area contributed by atoms with E-state index in [9.17, 15) is 39.0 Å². The first-order chi connectivity index (χ1) is 26.1. The van der Waals surface area contributed by atoms with Crippen LogP contribution in [-0.4, -0.2) is 142 Å². The summed E-state index contributed by atoms with van der Waals surface area (Å²) in [6.45, 7) is 18.2. The van der Waals surface area contributed by atoms with Crippen molar-refractivity contribution in [1.82, 2.24) is 15.5 Å². The number of ether oxygens (including phenoxy) is 3. The number of nitrogens with zero attached hydrogens (tertiary/aromatic N) is 1. The molecule has 0 aromatic carbocycles. The van der Waals surface area contributed by atoms with Gasteiger partial charge in [-0.3, -0.25) is 14.4 Å². The van der Waals surface area contributed by atoms with E-state index in [1.165, 1.54) is 13.5 Å². The number of primary amides is 1. The summed E-state index contributed by atoms with van der Waals surface area (Å²) in [4.78, 5) is 66.8. The van der Waals surface area contributed by atoms with Crippen molar-refractivity contribution in [3.05, 3.63) is 0 Å². The van der Waals surface area contributed by atoms with Crippen LogP contribution in [0, 0.1) is 11.8 Å². The Morgan fingerprint density at radius 2 is 1.47 bits per heavy atom. The number of hydrogen-bond acceptors (Lipinski definition) is 14. The van der Waals surface area contributed by atoms with Crippen molar-refractivity contribution in [2.45, 2.75) is 137 Å². The van der Waals surface area contributed by atoms with Crippen molar-refractivity contribution in [2.75, 3.05) is 60.1 Å². The largest absolute Gasteiger partial charge is 0.390 e. The zero-order valence-electron chi connectivity index (χ0n) is 35.6. The SMILES string of the molecule is CC.CC(C)CCC(C=O)NC(=O)CN(CC(N)=O)C(=O)CCC=O.CC(C)CCCC=O.CCN.CN.CNCCOCCOC1O[C@@H](C)C(O)C[C@H]1O. The Labute approximate surface area is 331 Å². The van der Waals surface area contributed by atoms with Crippen molar-refractivity contribution < 1.29 is 53.2 Å². The maximum Gasteiger partial charge on any atom is 0.240 e. The van der Waals surface area contributed by atoms with Gasteiger partial charge in [0.25, 0.3) is 0 Å². The molecule has 0 radical (unpaired) electrons. The van der Waals surface area contributed by atoms with Crippen LogP contribution in [0.3, 0.4) is 0 Å². The average molecular weight is 797 g/mol. The normalized spacial score (nSPS) is 17.3. The molecule has 0 aromatic rings. The molecule has 1 fully saturated rings. The molecule has 0 aromatic heterocycles. The zero-order chi connectivity index (χ0) is 43.6. The number of rotatable bonds is 23. The van der Waals surface area contributed by atoms with E-state index in [0.29, 0.717) is 44.7 Å². The molecule has 1 rings (SSSR count). The number of carbonyl (C=O) groups excluding carboxylic acids is 6. The summed E-state index contributed by atoms with van der Waals surface area (Å²) >= 11 is 0. The number of amides is 3. The lowest BCUT2D eigenvalue weighted by molar-refractivity contribution is -0.263. The molecule has 0 bridgehead atoms. The highest BCUT2D eigenvalue weighted by molar-refractivity contribution is 5.89. The molecule has 0 saturated carbocycles. The van der Waals surface area contributed by atoms with E-state index >= 15 is 0 Å². The molecule has 3 amide bonds. The van der Waals surface area contributed by atoms with Gasteiger partial charge in [-0.2, -0.15) is 0 Å². The number of nitrogens with one attached hydrogen (secondary N) is 2. The van der Waals surface area contributed by atoms with Crippen LogP contribution in [0.4, 0.5) is 0 Å². The topological polar surface area (TPSA) is 276 Å². The van der Waals surface area contributed by atoms with Crippen molar-refractivity contribution in [3.8, 4) is 0 Å². The third-order valence-corrected chi connectivity index (χ3v) is 6.87. The van der Waals surface area contributed by atoms with E-state index in [1.807, 2.05) is 41.7 Å². The first-order valence-corrected chi connectivity index (χ1v) is 19.4. The second kappa shape index (κ2) is 45.5. The highest BCUT2D eigenvalue weighted by Gasteiger charge is 2.34. The highest BCUT2D eigenvalue weighted by atomic mass is 16.7. The number of unbranched alkanes of at least 4 members (excludes halogenated alkanes) is 1. The molecule has 5 atom stereocenters. The van der Waals surface area contributed by atoms with Gasteiger partial charge in [0.15, 0.2) is 6.29 Å². The Morgan fingerprint density at radius 1 is 0.909 bits per heavy atom. The average Bonchev–Trinajstić information content (AvgIpc) is 3.14. The number of likely N-dealkylation sites (N-methyl/N-ethyl adjacent to an activating group) is 1. The molecule has 1 heterocycles. The minimum atomic E-state index is -0.779. The fraction of sp³-hybridized carbons (Fsp3) is 0.842. The second-order valence-electron chi connectivity index (χ2n) is 12.8. The van der Waals surface area contributed by atoms with E-state index in [1.54, 1.807) is 6.92 Å². The summed E-state index contributed by atoms with van der Waals surface area (Å²) in [5.41, 5.74) is 14.4. The summed E-state index contributed by atoms with van der Waals surface area (Å²) in [6.07, 6.45) is 4.25. The molecule has 17 heteroatoms. The lowest BCUT2D eigenvalue weighted by Crippen LogP contribution is -2.47. The van der Waals surface area contributed by atoms with Gasteiger partial charge in [0.05, 0.1) is 44.6 Å². The smallest absolute Gasteiger partial charge is 0.240 e. The van der Waals surface area contributed by atoms with Crippen LogP contribution >= 0.6 is 0 Å². The fourth-order valence-corrected chi connectivity index (χ4v) is 4.08. The van der Waals surface area contributed by atoms with Crippen molar-refractivity contribution in [1.29, 1.82) is 0 Å². The van der Waals surface area contributed by atoms with E-state index in [0.717, 1.165) is 49.5 Å². The number of nitrogens with two attached hydrogens (primary N) is 3. The second-order valence-corrected chi connectivity index (χ2v) is 12.8. The van der Waals surface area contributed by atoms with Gasteiger partial charge in [0.1, 0.15) is 31.5 Å². The standard InChI is InChI=1S/C15H25N3O5.C11H23NO5.C7H14O.C2H7N.C2H6.CH5N/c1-11(2)5-6-12(10-20)17-14(22)9-18(8-13(16)21)15(23)4-3-7-19;1-8-9(13)7-10(14)11(17-8)16-6-5-15-4-3-12-2;1-7(2)5-3-4-6-8;1-2-3;2*1-2/h7,10-12H,3-6,8-9H2,1-2H3,(H2,16,21)(H,17,22);8-14H,3-7H2,1-2H3;6-7H,3-5H2,1-2H3;2-3H2,1H3;1-2H3;2H2,1H3/t;8-,9?,10+,11?;;;;/m.0..../s1. The maximum absolute atomic E-state index is 11.9. The van der Waals surface area contributed by atoms with Gasteiger partial charge in [0, 0.05) is 32.2 Å². The molecule has 55 heavy (non-hydrogen) atoms. The molecule has 328 valence electrons. The van der Waals surface area contributed by atoms with Crippen LogP contribution in [-0.2, 0) is 43.0 Å². The quantitative estimate of drug-likeness (QED) is 0.0563. The van der Waals surface area contributed by atoms with E-state index in [4.69, 9.17) is 25.7 Å². The molecule has 0 aliphatic carbocycles. The minimum absolute atomic E-state index is 0.00106. The van der Waals surface area contributed by atoms with Crippen molar-refractivity contribution in [2.24, 2.45) is 29.0 Å². The number of aliphatic hydroxyl groups excluding tert-OH is 2. The molecule has 17 nitrogen and oxygen atoms in total. The zero-order valence-corrected chi connectivity index (χ0v) is 35.6. The van der Waals surface area contributed by atoms with Gasteiger partial charge in [-0.1, -0.05) is 54.9 Å². The van der Waals surface area contributed by atoms with E-state index in [-0.39, 0.29) is 31.9 Å². The van der Waals surface area contributed by atoms with Crippen molar-refractivity contribution in [3.63, 3.8) is 0 Å². The first-order valence-electron chi connectivity index (χ1n) is 19.4. The molecule has 3 unspecified atom stereocenters. The van der Waals surface area contributed by atoms with Gasteiger partial charge >= 0.3 is 0 Å². The lowest BCUT2D eigenvalue weighted by Gasteiger charge is -2.35. The summed E-state index contributed by atoms with van der Waals surface area (Å²) in [6, 6.07) is -0.634. The Morgan fingerprint density at radius 3 is 1.95 bits per heavy atom. The number of hydrogen-bond donors (Lipinski definition) is 7. The summed E-state index contributed by atoms with van der Waals surface area (Å²) in [5, 5.41) is 24.6. The van der Waals surface area contributed by atoms with Crippen molar-refractivity contribution >= 4 is 36.6 Å². The summed E-state index contributed by atoms with van der Waals surface area (Å²) < 4.78 is 16.0. The molecular weight excluding hydrogens is 716 g/mol. The number of aliphatic hydroxyl groups is 2. The molecular formula is C38H80N6O11.